The first-order chi connectivity index (χ1) is 12.7. The van der Waals surface area contributed by atoms with E-state index in [0.717, 1.165) is 49.3 Å². The quantitative estimate of drug-likeness (QED) is 0.357. The van der Waals surface area contributed by atoms with Gasteiger partial charge in [-0.05, 0) is 36.8 Å². The second kappa shape index (κ2) is 9.19. The van der Waals surface area contributed by atoms with Crippen LogP contribution in [-0.2, 0) is 4.74 Å². The van der Waals surface area contributed by atoms with Crippen molar-refractivity contribution in [2.24, 2.45) is 10.4 Å². The molecule has 1 aromatic carbocycles. The number of aromatic nitrogens is 1. The van der Waals surface area contributed by atoms with Gasteiger partial charge >= 0.3 is 0 Å². The maximum absolute atomic E-state index is 5.26. The Bertz CT molecular complexity index is 693. The Balaban J connectivity index is 1.38. The zero-order valence-electron chi connectivity index (χ0n) is 15.7. The van der Waals surface area contributed by atoms with Crippen molar-refractivity contribution in [3.8, 4) is 0 Å². The van der Waals surface area contributed by atoms with Crippen molar-refractivity contribution in [3.05, 3.63) is 24.3 Å². The Morgan fingerprint density at radius 1 is 1.27 bits per heavy atom. The summed E-state index contributed by atoms with van der Waals surface area (Å²) in [6, 6.07) is 8.20. The summed E-state index contributed by atoms with van der Waals surface area (Å²) in [5, 5.41) is 11.2. The number of guanidine groups is 1. The third-order valence-corrected chi connectivity index (χ3v) is 6.09. The standard InChI is InChI=1S/C19H29N5OS/c1-20-17(23-14-19(8-5-9-19)10-13-25-2)21-11-12-22-18-24-15-6-3-4-7-16(15)26-18/h3-4,6-7H,5,8-14H2,1-2H3,(H,22,24)(H2,20,21,23). The van der Waals surface area contributed by atoms with Crippen LogP contribution in [0, 0.1) is 5.41 Å². The molecular weight excluding hydrogens is 346 g/mol. The average molecular weight is 376 g/mol. The number of benzene rings is 1. The second-order valence-electron chi connectivity index (χ2n) is 6.86. The number of ether oxygens (including phenoxy) is 1. The molecule has 3 rings (SSSR count). The predicted octanol–water partition coefficient (Wildman–Crippen LogP) is 3.08. The van der Waals surface area contributed by atoms with E-state index in [1.165, 1.54) is 24.0 Å². The molecule has 0 bridgehead atoms. The fraction of sp³-hybridized carbons (Fsp3) is 0.579. The Morgan fingerprint density at radius 2 is 2.12 bits per heavy atom. The lowest BCUT2D eigenvalue weighted by Crippen LogP contribution is -2.47. The molecule has 1 aliphatic carbocycles. The Morgan fingerprint density at radius 3 is 2.81 bits per heavy atom. The monoisotopic (exact) mass is 375 g/mol. The number of nitrogens with one attached hydrogen (secondary N) is 3. The van der Waals surface area contributed by atoms with Crippen molar-refractivity contribution in [2.45, 2.75) is 25.7 Å². The van der Waals surface area contributed by atoms with Gasteiger partial charge in [0.1, 0.15) is 0 Å². The third-order valence-electron chi connectivity index (χ3n) is 5.09. The lowest BCUT2D eigenvalue weighted by molar-refractivity contribution is 0.0732. The average Bonchev–Trinajstić information content (AvgIpc) is 3.05. The highest BCUT2D eigenvalue weighted by Crippen LogP contribution is 2.43. The van der Waals surface area contributed by atoms with Crippen LogP contribution in [-0.4, -0.2) is 51.3 Å². The normalized spacial score (nSPS) is 16.3. The summed E-state index contributed by atoms with van der Waals surface area (Å²) >= 11 is 1.69. The maximum Gasteiger partial charge on any atom is 0.191 e. The van der Waals surface area contributed by atoms with Crippen LogP contribution < -0.4 is 16.0 Å². The first-order valence-corrected chi connectivity index (χ1v) is 10.1. The van der Waals surface area contributed by atoms with Gasteiger partial charge in [0.05, 0.1) is 10.2 Å². The maximum atomic E-state index is 5.26. The van der Waals surface area contributed by atoms with Gasteiger partial charge in [0, 0.05) is 40.4 Å². The van der Waals surface area contributed by atoms with Crippen LogP contribution in [0.1, 0.15) is 25.7 Å². The van der Waals surface area contributed by atoms with E-state index in [1.54, 1.807) is 18.4 Å². The number of thiazole rings is 1. The summed E-state index contributed by atoms with van der Waals surface area (Å²) in [5.41, 5.74) is 1.43. The van der Waals surface area contributed by atoms with Gasteiger partial charge in [-0.1, -0.05) is 29.9 Å². The number of para-hydroxylation sites is 1. The minimum absolute atomic E-state index is 0.382. The van der Waals surface area contributed by atoms with Crippen molar-refractivity contribution in [1.29, 1.82) is 0 Å². The van der Waals surface area contributed by atoms with Gasteiger partial charge in [0.2, 0.25) is 0 Å². The highest BCUT2D eigenvalue weighted by atomic mass is 32.1. The van der Waals surface area contributed by atoms with Gasteiger partial charge < -0.3 is 20.7 Å². The van der Waals surface area contributed by atoms with Gasteiger partial charge in [-0.2, -0.15) is 0 Å². The molecule has 7 heteroatoms. The molecule has 2 aromatic rings. The van der Waals surface area contributed by atoms with Gasteiger partial charge in [-0.3, -0.25) is 4.99 Å². The number of methoxy groups -OCH3 is 1. The van der Waals surface area contributed by atoms with Crippen LogP contribution >= 0.6 is 11.3 Å². The predicted molar refractivity (Wildman–Crippen MR) is 110 cm³/mol. The number of anilines is 1. The molecular formula is C19H29N5OS. The van der Waals surface area contributed by atoms with E-state index in [9.17, 15) is 0 Å². The van der Waals surface area contributed by atoms with Crippen LogP contribution in [0.5, 0.6) is 0 Å². The number of aliphatic imine (C=N–C) groups is 1. The van der Waals surface area contributed by atoms with E-state index >= 15 is 0 Å². The molecule has 1 fully saturated rings. The molecule has 0 radical (unpaired) electrons. The molecule has 6 nitrogen and oxygen atoms in total. The van der Waals surface area contributed by atoms with Gasteiger partial charge in [0.15, 0.2) is 11.1 Å². The van der Waals surface area contributed by atoms with Gasteiger partial charge in [0.25, 0.3) is 0 Å². The third kappa shape index (κ3) is 4.86. The first kappa shape index (κ1) is 18.9. The summed E-state index contributed by atoms with van der Waals surface area (Å²) in [6.45, 7) is 3.39. The minimum Gasteiger partial charge on any atom is -0.385 e. The van der Waals surface area contributed by atoms with Crippen LogP contribution in [0.25, 0.3) is 10.2 Å². The Kier molecular flexibility index (Phi) is 6.68. The molecule has 0 unspecified atom stereocenters. The van der Waals surface area contributed by atoms with E-state index in [4.69, 9.17) is 4.74 Å². The number of hydrogen-bond donors (Lipinski definition) is 3. The highest BCUT2D eigenvalue weighted by Gasteiger charge is 2.36. The van der Waals surface area contributed by atoms with Crippen LogP contribution in [0.15, 0.2) is 29.3 Å². The summed E-state index contributed by atoms with van der Waals surface area (Å²) in [5.74, 6) is 0.861. The van der Waals surface area contributed by atoms with E-state index < -0.39 is 0 Å². The van der Waals surface area contributed by atoms with Crippen LogP contribution in [0.3, 0.4) is 0 Å². The summed E-state index contributed by atoms with van der Waals surface area (Å²) in [7, 11) is 3.59. The van der Waals surface area contributed by atoms with Crippen LogP contribution in [0.2, 0.25) is 0 Å². The highest BCUT2D eigenvalue weighted by molar-refractivity contribution is 7.22. The van der Waals surface area contributed by atoms with Crippen LogP contribution in [0.4, 0.5) is 5.13 Å². The Labute approximate surface area is 159 Å². The number of hydrogen-bond acceptors (Lipinski definition) is 5. The lowest BCUT2D eigenvalue weighted by Gasteiger charge is -2.42. The number of nitrogens with zero attached hydrogens (tertiary/aromatic N) is 2. The molecule has 0 amide bonds. The van der Waals surface area contributed by atoms with Crippen molar-refractivity contribution < 1.29 is 4.74 Å². The molecule has 0 saturated heterocycles. The molecule has 3 N–H and O–H groups in total. The molecule has 0 atom stereocenters. The van der Waals surface area contributed by atoms with Gasteiger partial charge in [-0.25, -0.2) is 4.98 Å². The van der Waals surface area contributed by atoms with Crippen molar-refractivity contribution in [2.75, 3.05) is 45.7 Å². The number of fused-ring (bicyclic) bond motifs is 1. The summed E-state index contributed by atoms with van der Waals surface area (Å²) in [6.07, 6.45) is 5.00. The molecule has 0 spiro atoms. The zero-order valence-corrected chi connectivity index (χ0v) is 16.5. The van der Waals surface area contributed by atoms with Crippen molar-refractivity contribution in [1.82, 2.24) is 15.6 Å². The molecule has 1 aromatic heterocycles. The molecule has 0 aliphatic heterocycles. The largest absolute Gasteiger partial charge is 0.385 e. The fourth-order valence-electron chi connectivity index (χ4n) is 3.30. The van der Waals surface area contributed by atoms with Gasteiger partial charge in [-0.15, -0.1) is 0 Å². The SMILES string of the molecule is CN=C(NCCNc1nc2ccccc2s1)NCC1(CCOC)CCC1. The number of rotatable bonds is 9. The molecule has 1 heterocycles. The smallest absolute Gasteiger partial charge is 0.191 e. The minimum atomic E-state index is 0.382. The summed E-state index contributed by atoms with van der Waals surface area (Å²) in [4.78, 5) is 8.92. The Hall–Kier alpha value is -1.86. The lowest BCUT2D eigenvalue weighted by atomic mass is 9.67. The zero-order chi connectivity index (χ0) is 18.2. The molecule has 26 heavy (non-hydrogen) atoms. The van der Waals surface area contributed by atoms with E-state index in [0.29, 0.717) is 5.41 Å². The summed E-state index contributed by atoms with van der Waals surface area (Å²) < 4.78 is 6.47. The van der Waals surface area contributed by atoms with Crippen molar-refractivity contribution >= 4 is 32.6 Å². The first-order valence-electron chi connectivity index (χ1n) is 9.28. The molecule has 1 saturated carbocycles. The topological polar surface area (TPSA) is 70.6 Å². The molecule has 142 valence electrons. The van der Waals surface area contributed by atoms with E-state index in [-0.39, 0.29) is 0 Å². The fourth-order valence-corrected chi connectivity index (χ4v) is 4.19. The van der Waals surface area contributed by atoms with E-state index in [2.05, 4.69) is 32.0 Å². The van der Waals surface area contributed by atoms with Crippen molar-refractivity contribution in [3.63, 3.8) is 0 Å². The second-order valence-corrected chi connectivity index (χ2v) is 7.89. The van der Waals surface area contributed by atoms with E-state index in [1.807, 2.05) is 25.2 Å². The molecule has 1 aliphatic rings.